The monoisotopic (exact) mass is 282 g/mol. The lowest BCUT2D eigenvalue weighted by atomic mass is 9.83. The van der Waals surface area contributed by atoms with Crippen LogP contribution in [0.25, 0.3) is 0 Å². The third kappa shape index (κ3) is 3.88. The molecule has 1 aromatic carbocycles. The summed E-state index contributed by atoms with van der Waals surface area (Å²) in [6.45, 7) is 0.211. The molecule has 0 radical (unpaired) electrons. The molecule has 0 aliphatic heterocycles. The highest BCUT2D eigenvalue weighted by Crippen LogP contribution is 2.28. The van der Waals surface area contributed by atoms with Crippen LogP contribution in [0.3, 0.4) is 0 Å². The van der Waals surface area contributed by atoms with E-state index in [1.165, 1.54) is 12.1 Å². The first-order valence-electron chi connectivity index (χ1n) is 6.51. The van der Waals surface area contributed by atoms with Gasteiger partial charge in [-0.2, -0.15) is 8.42 Å². The largest absolute Gasteiger partial charge is 0.303 e. The number of carbonyl (C=O) groups is 1. The van der Waals surface area contributed by atoms with Crippen LogP contribution in [0.2, 0.25) is 0 Å². The molecule has 0 saturated heterocycles. The molecular weight excluding hydrogens is 264 g/mol. The Labute approximate surface area is 113 Å². The predicted octanol–water partition coefficient (Wildman–Crippen LogP) is 2.40. The summed E-state index contributed by atoms with van der Waals surface area (Å²) >= 11 is 0. The number of hydrogen-bond acceptors (Lipinski definition) is 4. The van der Waals surface area contributed by atoms with Crippen molar-refractivity contribution in [3.8, 4) is 0 Å². The number of hydrogen-bond donors (Lipinski definition) is 0. The average molecular weight is 282 g/mol. The van der Waals surface area contributed by atoms with Crippen molar-refractivity contribution in [2.24, 2.45) is 11.8 Å². The van der Waals surface area contributed by atoms with E-state index >= 15 is 0 Å². The second-order valence-corrected chi connectivity index (χ2v) is 6.58. The van der Waals surface area contributed by atoms with E-state index in [0.717, 1.165) is 32.0 Å². The maximum absolute atomic E-state index is 11.9. The summed E-state index contributed by atoms with van der Waals surface area (Å²) in [5.74, 6) is 0.372. The summed E-state index contributed by atoms with van der Waals surface area (Å²) in [6, 6.07) is 8.16. The van der Waals surface area contributed by atoms with Gasteiger partial charge in [0.15, 0.2) is 0 Å². The minimum absolute atomic E-state index is 0.141. The van der Waals surface area contributed by atoms with Crippen LogP contribution in [0.1, 0.15) is 25.7 Å². The number of benzene rings is 1. The molecule has 0 bridgehead atoms. The fourth-order valence-electron chi connectivity index (χ4n) is 2.33. The second kappa shape index (κ2) is 6.30. The highest BCUT2D eigenvalue weighted by atomic mass is 32.2. The zero-order chi connectivity index (χ0) is 13.7. The fourth-order valence-corrected chi connectivity index (χ4v) is 3.33. The summed E-state index contributed by atoms with van der Waals surface area (Å²) in [7, 11) is -3.65. The molecule has 0 heterocycles. The quantitative estimate of drug-likeness (QED) is 0.614. The molecule has 19 heavy (non-hydrogen) atoms. The maximum Gasteiger partial charge on any atom is 0.296 e. The minimum Gasteiger partial charge on any atom is -0.303 e. The molecule has 5 heteroatoms. The van der Waals surface area contributed by atoms with Gasteiger partial charge >= 0.3 is 0 Å². The molecule has 1 aliphatic rings. The summed E-state index contributed by atoms with van der Waals surface area (Å²) in [5.41, 5.74) is 0. The average Bonchev–Trinajstić information content (AvgIpc) is 2.47. The van der Waals surface area contributed by atoms with E-state index in [1.54, 1.807) is 18.2 Å². The SMILES string of the molecule is O=CC1CCC(COS(=O)(=O)c2ccccc2)CC1. The molecule has 4 nitrogen and oxygen atoms in total. The van der Waals surface area contributed by atoms with Crippen LogP contribution in [-0.2, 0) is 19.1 Å². The first kappa shape index (κ1) is 14.2. The lowest BCUT2D eigenvalue weighted by Crippen LogP contribution is -2.21. The van der Waals surface area contributed by atoms with Crippen LogP contribution in [0.5, 0.6) is 0 Å². The van der Waals surface area contributed by atoms with Gasteiger partial charge in [-0.1, -0.05) is 18.2 Å². The van der Waals surface area contributed by atoms with Gasteiger partial charge in [-0.15, -0.1) is 0 Å². The van der Waals surface area contributed by atoms with Crippen molar-refractivity contribution in [3.05, 3.63) is 30.3 Å². The van der Waals surface area contributed by atoms with Crippen molar-refractivity contribution in [2.45, 2.75) is 30.6 Å². The van der Waals surface area contributed by atoms with E-state index in [1.807, 2.05) is 0 Å². The topological polar surface area (TPSA) is 60.4 Å². The van der Waals surface area contributed by atoms with Crippen LogP contribution in [0, 0.1) is 11.8 Å². The van der Waals surface area contributed by atoms with Gasteiger partial charge in [-0.3, -0.25) is 4.18 Å². The third-order valence-electron chi connectivity index (χ3n) is 3.57. The molecule has 0 unspecified atom stereocenters. The first-order valence-corrected chi connectivity index (χ1v) is 7.92. The molecule has 1 aliphatic carbocycles. The Morgan fingerprint density at radius 3 is 2.32 bits per heavy atom. The van der Waals surface area contributed by atoms with Crippen molar-refractivity contribution >= 4 is 16.4 Å². The molecule has 0 N–H and O–H groups in total. The smallest absolute Gasteiger partial charge is 0.296 e. The Morgan fingerprint density at radius 1 is 1.11 bits per heavy atom. The van der Waals surface area contributed by atoms with Gasteiger partial charge in [0.25, 0.3) is 10.1 Å². The van der Waals surface area contributed by atoms with Gasteiger partial charge in [0.05, 0.1) is 11.5 Å². The molecule has 0 amide bonds. The van der Waals surface area contributed by atoms with E-state index in [-0.39, 0.29) is 23.3 Å². The third-order valence-corrected chi connectivity index (χ3v) is 4.87. The molecule has 0 spiro atoms. The summed E-state index contributed by atoms with van der Waals surface area (Å²) in [4.78, 5) is 10.8. The second-order valence-electron chi connectivity index (χ2n) is 4.97. The van der Waals surface area contributed by atoms with Crippen molar-refractivity contribution in [1.29, 1.82) is 0 Å². The molecule has 1 saturated carbocycles. The predicted molar refractivity (Wildman–Crippen MR) is 71.1 cm³/mol. The molecular formula is C14H18O4S. The lowest BCUT2D eigenvalue weighted by Gasteiger charge is -2.24. The molecule has 0 aromatic heterocycles. The van der Waals surface area contributed by atoms with Gasteiger partial charge in [0.2, 0.25) is 0 Å². The lowest BCUT2D eigenvalue weighted by molar-refractivity contribution is -0.112. The zero-order valence-electron chi connectivity index (χ0n) is 10.7. The molecule has 1 fully saturated rings. The highest BCUT2D eigenvalue weighted by molar-refractivity contribution is 7.86. The van der Waals surface area contributed by atoms with Gasteiger partial charge in [-0.05, 0) is 43.7 Å². The Hall–Kier alpha value is -1.20. The van der Waals surface area contributed by atoms with Crippen molar-refractivity contribution in [3.63, 3.8) is 0 Å². The Balaban J connectivity index is 1.87. The van der Waals surface area contributed by atoms with Crippen molar-refractivity contribution in [2.75, 3.05) is 6.61 Å². The van der Waals surface area contributed by atoms with E-state index in [4.69, 9.17) is 4.18 Å². The minimum atomic E-state index is -3.65. The van der Waals surface area contributed by atoms with Gasteiger partial charge in [-0.25, -0.2) is 0 Å². The van der Waals surface area contributed by atoms with Crippen LogP contribution < -0.4 is 0 Å². The Bertz CT molecular complexity index is 502. The maximum atomic E-state index is 11.9. The highest BCUT2D eigenvalue weighted by Gasteiger charge is 2.23. The summed E-state index contributed by atoms with van der Waals surface area (Å²) in [6.07, 6.45) is 4.38. The number of rotatable bonds is 5. The number of aldehydes is 1. The van der Waals surface area contributed by atoms with E-state index < -0.39 is 10.1 Å². The summed E-state index contributed by atoms with van der Waals surface area (Å²) < 4.78 is 28.9. The van der Waals surface area contributed by atoms with Gasteiger partial charge in [0, 0.05) is 5.92 Å². The first-order chi connectivity index (χ1) is 9.12. The van der Waals surface area contributed by atoms with Crippen molar-refractivity contribution < 1.29 is 17.4 Å². The van der Waals surface area contributed by atoms with E-state index in [2.05, 4.69) is 0 Å². The van der Waals surface area contributed by atoms with Crippen molar-refractivity contribution in [1.82, 2.24) is 0 Å². The van der Waals surface area contributed by atoms with E-state index in [9.17, 15) is 13.2 Å². The fraction of sp³-hybridized carbons (Fsp3) is 0.500. The standard InChI is InChI=1S/C14H18O4S/c15-10-12-6-8-13(9-7-12)11-18-19(16,17)14-4-2-1-3-5-14/h1-5,10,12-13H,6-9,11H2. The molecule has 0 atom stereocenters. The Morgan fingerprint density at radius 2 is 1.74 bits per heavy atom. The zero-order valence-corrected chi connectivity index (χ0v) is 11.5. The van der Waals surface area contributed by atoms with Gasteiger partial charge in [0.1, 0.15) is 6.29 Å². The normalized spacial score (nSPS) is 24.0. The molecule has 104 valence electrons. The van der Waals surface area contributed by atoms with Crippen LogP contribution >= 0.6 is 0 Å². The van der Waals surface area contributed by atoms with Gasteiger partial charge < -0.3 is 4.79 Å². The van der Waals surface area contributed by atoms with Crippen LogP contribution in [0.4, 0.5) is 0 Å². The molecule has 1 aromatic rings. The van der Waals surface area contributed by atoms with E-state index in [0.29, 0.717) is 0 Å². The van der Waals surface area contributed by atoms with Crippen LogP contribution in [-0.4, -0.2) is 21.3 Å². The summed E-state index contributed by atoms with van der Waals surface area (Å²) in [5, 5.41) is 0. The van der Waals surface area contributed by atoms with Crippen LogP contribution in [0.15, 0.2) is 35.2 Å². The molecule has 2 rings (SSSR count). The number of carbonyl (C=O) groups excluding carboxylic acids is 1. The Kier molecular flexibility index (Phi) is 4.71.